The van der Waals surface area contributed by atoms with E-state index in [1.54, 1.807) is 4.90 Å². The van der Waals surface area contributed by atoms with E-state index in [9.17, 15) is 9.59 Å². The van der Waals surface area contributed by atoms with Gasteiger partial charge < -0.3 is 14.6 Å². The Labute approximate surface area is 125 Å². The SMILES string of the molecule is CCCCCC(=O)N(CC)Cc1nc(C(=O)NCC)co1. The Morgan fingerprint density at radius 1 is 1.29 bits per heavy atom. The van der Waals surface area contributed by atoms with E-state index in [-0.39, 0.29) is 17.5 Å². The van der Waals surface area contributed by atoms with Crippen LogP contribution in [0.4, 0.5) is 0 Å². The highest BCUT2D eigenvalue weighted by Crippen LogP contribution is 2.09. The number of carbonyl (C=O) groups excluding carboxylic acids is 2. The van der Waals surface area contributed by atoms with Gasteiger partial charge in [-0.2, -0.15) is 0 Å². The van der Waals surface area contributed by atoms with E-state index in [4.69, 9.17) is 4.42 Å². The number of carbonyl (C=O) groups is 2. The summed E-state index contributed by atoms with van der Waals surface area (Å²) in [5.41, 5.74) is 0.251. The lowest BCUT2D eigenvalue weighted by Crippen LogP contribution is -2.30. The maximum absolute atomic E-state index is 12.1. The molecule has 0 unspecified atom stereocenters. The average Bonchev–Trinajstić information content (AvgIpc) is 2.93. The third-order valence-corrected chi connectivity index (χ3v) is 3.18. The molecule has 1 N–H and O–H groups in total. The maximum atomic E-state index is 12.1. The van der Waals surface area contributed by atoms with Crippen molar-refractivity contribution in [3.05, 3.63) is 17.8 Å². The highest BCUT2D eigenvalue weighted by atomic mass is 16.3. The summed E-state index contributed by atoms with van der Waals surface area (Å²) < 4.78 is 5.27. The van der Waals surface area contributed by atoms with E-state index >= 15 is 0 Å². The van der Waals surface area contributed by atoms with Crippen LogP contribution in [0.2, 0.25) is 0 Å². The van der Waals surface area contributed by atoms with Gasteiger partial charge in [0.05, 0.1) is 6.54 Å². The summed E-state index contributed by atoms with van der Waals surface area (Å²) in [6.07, 6.45) is 4.93. The summed E-state index contributed by atoms with van der Waals surface area (Å²) in [5, 5.41) is 2.66. The molecule has 0 spiro atoms. The Bertz CT molecular complexity index is 457. The average molecular weight is 295 g/mol. The lowest BCUT2D eigenvalue weighted by atomic mass is 10.2. The zero-order chi connectivity index (χ0) is 15.7. The molecule has 0 radical (unpaired) electrons. The summed E-state index contributed by atoms with van der Waals surface area (Å²) in [4.78, 5) is 29.5. The van der Waals surface area contributed by atoms with Crippen LogP contribution < -0.4 is 5.32 Å². The van der Waals surface area contributed by atoms with Crippen molar-refractivity contribution in [1.82, 2.24) is 15.2 Å². The molecule has 0 fully saturated rings. The van der Waals surface area contributed by atoms with Gasteiger partial charge in [-0.25, -0.2) is 4.98 Å². The molecular formula is C15H25N3O3. The Morgan fingerprint density at radius 3 is 2.67 bits per heavy atom. The molecule has 1 rings (SSSR count). The van der Waals surface area contributed by atoms with E-state index < -0.39 is 0 Å². The van der Waals surface area contributed by atoms with Gasteiger partial charge >= 0.3 is 0 Å². The van der Waals surface area contributed by atoms with Crippen LogP contribution in [-0.4, -0.2) is 34.8 Å². The summed E-state index contributed by atoms with van der Waals surface area (Å²) in [6, 6.07) is 0. The van der Waals surface area contributed by atoms with E-state index in [1.165, 1.54) is 6.26 Å². The third kappa shape index (κ3) is 5.57. The molecule has 0 bridgehead atoms. The minimum absolute atomic E-state index is 0.101. The van der Waals surface area contributed by atoms with Gasteiger partial charge in [-0.05, 0) is 20.3 Å². The first-order valence-electron chi connectivity index (χ1n) is 7.62. The topological polar surface area (TPSA) is 75.4 Å². The van der Waals surface area contributed by atoms with Crippen LogP contribution in [0.25, 0.3) is 0 Å². The largest absolute Gasteiger partial charge is 0.446 e. The number of amides is 2. The number of aromatic nitrogens is 1. The van der Waals surface area contributed by atoms with E-state index in [0.717, 1.165) is 19.3 Å². The highest BCUT2D eigenvalue weighted by Gasteiger charge is 2.16. The van der Waals surface area contributed by atoms with Gasteiger partial charge in [0.1, 0.15) is 6.26 Å². The highest BCUT2D eigenvalue weighted by molar-refractivity contribution is 5.91. The number of hydrogen-bond donors (Lipinski definition) is 1. The smallest absolute Gasteiger partial charge is 0.273 e. The summed E-state index contributed by atoms with van der Waals surface area (Å²) in [5.74, 6) is 0.232. The molecule has 0 aliphatic carbocycles. The number of rotatable bonds is 9. The Kier molecular flexibility index (Phi) is 7.50. The van der Waals surface area contributed by atoms with Crippen LogP contribution >= 0.6 is 0 Å². The zero-order valence-electron chi connectivity index (χ0n) is 13.1. The van der Waals surface area contributed by atoms with Gasteiger partial charge in [0.15, 0.2) is 5.69 Å². The van der Waals surface area contributed by atoms with E-state index in [1.807, 2.05) is 13.8 Å². The number of nitrogens with one attached hydrogen (secondary N) is 1. The van der Waals surface area contributed by atoms with Crippen LogP contribution in [-0.2, 0) is 11.3 Å². The van der Waals surface area contributed by atoms with Gasteiger partial charge in [0.25, 0.3) is 5.91 Å². The molecular weight excluding hydrogens is 270 g/mol. The number of hydrogen-bond acceptors (Lipinski definition) is 4. The maximum Gasteiger partial charge on any atom is 0.273 e. The van der Waals surface area contributed by atoms with Crippen molar-refractivity contribution in [1.29, 1.82) is 0 Å². The molecule has 118 valence electrons. The fraction of sp³-hybridized carbons (Fsp3) is 0.667. The van der Waals surface area contributed by atoms with Gasteiger partial charge in [-0.3, -0.25) is 9.59 Å². The molecule has 1 heterocycles. The molecule has 0 aliphatic heterocycles. The third-order valence-electron chi connectivity index (χ3n) is 3.18. The molecule has 0 atom stereocenters. The lowest BCUT2D eigenvalue weighted by Gasteiger charge is -2.18. The molecule has 0 saturated heterocycles. The zero-order valence-corrected chi connectivity index (χ0v) is 13.1. The molecule has 6 nitrogen and oxygen atoms in total. The van der Waals surface area contributed by atoms with Crippen LogP contribution in [0.5, 0.6) is 0 Å². The first kappa shape index (κ1) is 17.2. The fourth-order valence-corrected chi connectivity index (χ4v) is 1.96. The first-order valence-corrected chi connectivity index (χ1v) is 7.62. The molecule has 2 amide bonds. The van der Waals surface area contributed by atoms with Crippen molar-refractivity contribution in [3.63, 3.8) is 0 Å². The van der Waals surface area contributed by atoms with Crippen LogP contribution in [0.1, 0.15) is 62.8 Å². The molecule has 6 heteroatoms. The van der Waals surface area contributed by atoms with Crippen LogP contribution in [0, 0.1) is 0 Å². The summed E-state index contributed by atoms with van der Waals surface area (Å²) >= 11 is 0. The second-order valence-corrected chi connectivity index (χ2v) is 4.85. The monoisotopic (exact) mass is 295 g/mol. The van der Waals surface area contributed by atoms with Gasteiger partial charge in [-0.1, -0.05) is 19.8 Å². The molecule has 0 saturated carbocycles. The van der Waals surface area contributed by atoms with E-state index in [2.05, 4.69) is 17.2 Å². The van der Waals surface area contributed by atoms with Crippen molar-refractivity contribution in [3.8, 4) is 0 Å². The molecule has 21 heavy (non-hydrogen) atoms. The van der Waals surface area contributed by atoms with Crippen LogP contribution in [0.15, 0.2) is 10.7 Å². The number of nitrogens with zero attached hydrogens (tertiary/aromatic N) is 2. The minimum atomic E-state index is -0.259. The normalized spacial score (nSPS) is 10.4. The van der Waals surface area contributed by atoms with Crippen molar-refractivity contribution in [2.75, 3.05) is 13.1 Å². The second-order valence-electron chi connectivity index (χ2n) is 4.85. The predicted octanol–water partition coefficient (Wildman–Crippen LogP) is 2.35. The predicted molar refractivity (Wildman–Crippen MR) is 79.7 cm³/mol. The van der Waals surface area contributed by atoms with Crippen molar-refractivity contribution < 1.29 is 14.0 Å². The number of unbranched alkanes of at least 4 members (excludes halogenated alkanes) is 2. The molecule has 1 aromatic rings. The quantitative estimate of drug-likeness (QED) is 0.710. The fourth-order valence-electron chi connectivity index (χ4n) is 1.96. The number of oxazole rings is 1. The standard InChI is InChI=1S/C15H25N3O3/c1-4-7-8-9-14(19)18(6-3)10-13-17-12(11-21-13)15(20)16-5-2/h11H,4-10H2,1-3H3,(H,16,20). The van der Waals surface area contributed by atoms with Gasteiger partial charge in [-0.15, -0.1) is 0 Å². The Hall–Kier alpha value is -1.85. The molecule has 1 aromatic heterocycles. The first-order chi connectivity index (χ1) is 10.1. The molecule has 0 aromatic carbocycles. The summed E-state index contributed by atoms with van der Waals surface area (Å²) in [7, 11) is 0. The Morgan fingerprint density at radius 2 is 2.05 bits per heavy atom. The second kappa shape index (κ2) is 9.15. The minimum Gasteiger partial charge on any atom is -0.446 e. The van der Waals surface area contributed by atoms with Crippen molar-refractivity contribution in [2.24, 2.45) is 0 Å². The molecule has 0 aliphatic rings. The lowest BCUT2D eigenvalue weighted by molar-refractivity contribution is -0.132. The van der Waals surface area contributed by atoms with Crippen LogP contribution in [0.3, 0.4) is 0 Å². The van der Waals surface area contributed by atoms with E-state index in [0.29, 0.717) is 31.9 Å². The Balaban J connectivity index is 2.57. The van der Waals surface area contributed by atoms with Gasteiger partial charge in [0.2, 0.25) is 11.8 Å². The summed E-state index contributed by atoms with van der Waals surface area (Å²) in [6.45, 7) is 7.32. The van der Waals surface area contributed by atoms with Gasteiger partial charge in [0, 0.05) is 19.5 Å². The van der Waals surface area contributed by atoms with Crippen molar-refractivity contribution >= 4 is 11.8 Å². The van der Waals surface area contributed by atoms with Crippen molar-refractivity contribution in [2.45, 2.75) is 53.0 Å².